The molecule has 2 atom stereocenters. The van der Waals surface area contributed by atoms with Gasteiger partial charge in [-0.2, -0.15) is 5.10 Å². The maximum absolute atomic E-state index is 6.46. The van der Waals surface area contributed by atoms with E-state index in [0.29, 0.717) is 0 Å². The minimum absolute atomic E-state index is 0.0753. The summed E-state index contributed by atoms with van der Waals surface area (Å²) in [6, 6.07) is -0.0753. The Morgan fingerprint density at radius 3 is 2.79 bits per heavy atom. The van der Waals surface area contributed by atoms with Gasteiger partial charge in [0.25, 0.3) is 0 Å². The second-order valence-electron chi connectivity index (χ2n) is 5.85. The van der Waals surface area contributed by atoms with Crippen LogP contribution in [0, 0.1) is 0 Å². The summed E-state index contributed by atoms with van der Waals surface area (Å²) < 4.78 is 0. The monoisotopic (exact) mass is 262 g/mol. The molecule has 0 aliphatic carbocycles. The van der Waals surface area contributed by atoms with Gasteiger partial charge in [0.2, 0.25) is 0 Å². The van der Waals surface area contributed by atoms with Gasteiger partial charge in [0.05, 0.1) is 6.04 Å². The molecular weight excluding hydrogens is 236 g/mol. The average molecular weight is 262 g/mol. The number of fused-ring (bicyclic) bond motifs is 1. The van der Waals surface area contributed by atoms with Crippen molar-refractivity contribution >= 4 is 5.84 Å². The topological polar surface area (TPSA) is 44.9 Å². The van der Waals surface area contributed by atoms with E-state index < -0.39 is 0 Å². The van der Waals surface area contributed by atoms with E-state index in [2.05, 4.69) is 56.8 Å². The van der Waals surface area contributed by atoms with Gasteiger partial charge in [0.1, 0.15) is 11.4 Å². The van der Waals surface area contributed by atoms with E-state index >= 15 is 0 Å². The van der Waals surface area contributed by atoms with E-state index in [1.165, 1.54) is 24.1 Å². The van der Waals surface area contributed by atoms with Gasteiger partial charge in [-0.15, -0.1) is 0 Å². The van der Waals surface area contributed by atoms with Gasteiger partial charge < -0.3 is 10.6 Å². The first kappa shape index (κ1) is 14.1. The van der Waals surface area contributed by atoms with Crippen molar-refractivity contribution in [2.75, 3.05) is 13.6 Å². The van der Waals surface area contributed by atoms with Crippen molar-refractivity contribution in [1.29, 1.82) is 0 Å². The van der Waals surface area contributed by atoms with Crippen molar-refractivity contribution in [3.05, 3.63) is 23.4 Å². The van der Waals surface area contributed by atoms with Crippen molar-refractivity contribution in [3.8, 4) is 0 Å². The molecule has 0 aromatic rings. The largest absolute Gasteiger partial charge is 0.360 e. The Labute approximate surface area is 116 Å². The Kier molecular flexibility index (Phi) is 3.72. The number of nitrogens with zero attached hydrogens (tertiary/aromatic N) is 3. The smallest absolute Gasteiger partial charge is 0.145 e. The maximum Gasteiger partial charge on any atom is 0.145 e. The lowest BCUT2D eigenvalue weighted by molar-refractivity contribution is 0.214. The predicted octanol–water partition coefficient (Wildman–Crippen LogP) is 2.30. The Hall–Kier alpha value is -1.29. The van der Waals surface area contributed by atoms with E-state index in [0.717, 1.165) is 12.4 Å². The van der Waals surface area contributed by atoms with Crippen molar-refractivity contribution < 1.29 is 0 Å². The average Bonchev–Trinajstić information content (AvgIpc) is 2.66. The van der Waals surface area contributed by atoms with Crippen molar-refractivity contribution in [1.82, 2.24) is 9.91 Å². The fourth-order valence-electron chi connectivity index (χ4n) is 2.68. The molecule has 2 aliphatic rings. The van der Waals surface area contributed by atoms with Crippen LogP contribution >= 0.6 is 0 Å². The van der Waals surface area contributed by atoms with Crippen molar-refractivity contribution in [2.24, 2.45) is 10.8 Å². The summed E-state index contributed by atoms with van der Waals surface area (Å²) in [7, 11) is 2.09. The highest BCUT2D eigenvalue weighted by atomic mass is 15.6. The first-order valence-corrected chi connectivity index (χ1v) is 7.14. The van der Waals surface area contributed by atoms with Gasteiger partial charge in [-0.05, 0) is 32.8 Å². The lowest BCUT2D eigenvalue weighted by Gasteiger charge is -2.38. The third kappa shape index (κ3) is 2.18. The van der Waals surface area contributed by atoms with Crippen molar-refractivity contribution in [3.63, 3.8) is 0 Å². The zero-order chi connectivity index (χ0) is 14.2. The van der Waals surface area contributed by atoms with Crippen LogP contribution in [0.2, 0.25) is 0 Å². The summed E-state index contributed by atoms with van der Waals surface area (Å²) >= 11 is 0. The fourth-order valence-corrected chi connectivity index (χ4v) is 2.68. The normalized spacial score (nSPS) is 29.7. The number of unbranched alkanes of at least 4 members (excludes halogenated alkanes) is 1. The molecule has 4 nitrogen and oxygen atoms in total. The molecule has 0 fully saturated rings. The minimum atomic E-state index is -0.223. The van der Waals surface area contributed by atoms with Crippen LogP contribution in [0.15, 0.2) is 28.5 Å². The summed E-state index contributed by atoms with van der Waals surface area (Å²) in [5.74, 6) is 0.995. The number of likely N-dealkylation sites (N-methyl/N-ethyl adjacent to an activating group) is 1. The molecular formula is C15H26N4. The number of hydrogen-bond donors (Lipinski definition) is 1. The van der Waals surface area contributed by atoms with E-state index in [1.807, 2.05) is 0 Å². The number of nitrogens with two attached hydrogens (primary N) is 1. The highest BCUT2D eigenvalue weighted by Crippen LogP contribution is 2.36. The van der Waals surface area contributed by atoms with Gasteiger partial charge >= 0.3 is 0 Å². The SMILES string of the molecule is CCCCN(C)C1=NN2C(C)=C(C)C=CC2(C)C1N. The molecule has 0 bridgehead atoms. The van der Waals surface area contributed by atoms with Gasteiger partial charge in [0, 0.05) is 19.3 Å². The molecule has 0 radical (unpaired) electrons. The van der Waals surface area contributed by atoms with Gasteiger partial charge in [0.15, 0.2) is 0 Å². The summed E-state index contributed by atoms with van der Waals surface area (Å²) in [5, 5.41) is 6.88. The summed E-state index contributed by atoms with van der Waals surface area (Å²) in [5.41, 5.74) is 8.69. The molecule has 2 aliphatic heterocycles. The Bertz CT molecular complexity index is 449. The predicted molar refractivity (Wildman–Crippen MR) is 80.7 cm³/mol. The van der Waals surface area contributed by atoms with Crippen LogP contribution in [-0.4, -0.2) is 40.9 Å². The highest BCUT2D eigenvalue weighted by Gasteiger charge is 2.47. The first-order chi connectivity index (χ1) is 8.91. The zero-order valence-electron chi connectivity index (χ0n) is 12.8. The van der Waals surface area contributed by atoms with Crippen LogP contribution in [0.4, 0.5) is 0 Å². The van der Waals surface area contributed by atoms with Crippen LogP contribution in [0.5, 0.6) is 0 Å². The first-order valence-electron chi connectivity index (χ1n) is 7.14. The molecule has 0 saturated carbocycles. The van der Waals surface area contributed by atoms with E-state index in [4.69, 9.17) is 10.8 Å². The maximum atomic E-state index is 6.46. The lowest BCUT2D eigenvalue weighted by atomic mass is 9.88. The molecule has 0 saturated heterocycles. The summed E-state index contributed by atoms with van der Waals surface area (Å²) in [4.78, 5) is 2.20. The Balaban J connectivity index is 2.28. The lowest BCUT2D eigenvalue weighted by Crippen LogP contribution is -2.55. The molecule has 0 aromatic heterocycles. The van der Waals surface area contributed by atoms with E-state index in [9.17, 15) is 0 Å². The standard InChI is InChI=1S/C15H26N4/c1-6-7-10-18(5)14-13(16)15(4)9-8-11(2)12(3)19(15)17-14/h8-9,13H,6-7,10,16H2,1-5H3. The molecule has 0 aromatic carbocycles. The number of amidine groups is 1. The molecule has 0 amide bonds. The van der Waals surface area contributed by atoms with Crippen molar-refractivity contribution in [2.45, 2.75) is 52.1 Å². The molecule has 2 N–H and O–H groups in total. The molecule has 2 heterocycles. The van der Waals surface area contributed by atoms with E-state index in [1.54, 1.807) is 0 Å². The molecule has 0 spiro atoms. The Morgan fingerprint density at radius 1 is 1.47 bits per heavy atom. The number of hydrazone groups is 1. The Morgan fingerprint density at radius 2 is 2.16 bits per heavy atom. The molecule has 19 heavy (non-hydrogen) atoms. The molecule has 2 rings (SSSR count). The second kappa shape index (κ2) is 5.00. The second-order valence-corrected chi connectivity index (χ2v) is 5.85. The van der Waals surface area contributed by atoms with Crippen LogP contribution in [0.3, 0.4) is 0 Å². The van der Waals surface area contributed by atoms with Gasteiger partial charge in [-0.25, -0.2) is 0 Å². The summed E-state index contributed by atoms with van der Waals surface area (Å²) in [6.45, 7) is 9.61. The quantitative estimate of drug-likeness (QED) is 0.849. The summed E-state index contributed by atoms with van der Waals surface area (Å²) in [6.07, 6.45) is 6.70. The van der Waals surface area contributed by atoms with Crippen LogP contribution in [0.1, 0.15) is 40.5 Å². The van der Waals surface area contributed by atoms with E-state index in [-0.39, 0.29) is 11.6 Å². The number of allylic oxidation sites excluding steroid dienone is 3. The highest BCUT2D eigenvalue weighted by molar-refractivity contribution is 5.91. The van der Waals surface area contributed by atoms with Crippen LogP contribution < -0.4 is 5.73 Å². The third-order valence-electron chi connectivity index (χ3n) is 4.36. The number of hydrogen-bond acceptors (Lipinski definition) is 4. The van der Waals surface area contributed by atoms with Gasteiger partial charge in [-0.1, -0.05) is 25.5 Å². The minimum Gasteiger partial charge on any atom is -0.360 e. The zero-order valence-corrected chi connectivity index (χ0v) is 12.8. The van der Waals surface area contributed by atoms with Crippen LogP contribution in [-0.2, 0) is 0 Å². The molecule has 106 valence electrons. The van der Waals surface area contributed by atoms with Crippen LogP contribution in [0.25, 0.3) is 0 Å². The fraction of sp³-hybridized carbons (Fsp3) is 0.667. The third-order valence-corrected chi connectivity index (χ3v) is 4.36. The number of rotatable bonds is 3. The molecule has 2 unspecified atom stereocenters. The molecule has 4 heteroatoms. The van der Waals surface area contributed by atoms with Gasteiger partial charge in [-0.3, -0.25) is 5.01 Å².